The SMILES string of the molecule is CC(CC(=O)O)C1CCCN(c2cccc(C(N)=O)n2)C1. The topological polar surface area (TPSA) is 96.5 Å². The Kier molecular flexibility index (Phi) is 4.77. The number of anilines is 1. The number of piperidine rings is 1. The summed E-state index contributed by atoms with van der Waals surface area (Å²) in [5, 5.41) is 8.92. The van der Waals surface area contributed by atoms with Crippen molar-refractivity contribution in [2.45, 2.75) is 26.2 Å². The van der Waals surface area contributed by atoms with Crippen molar-refractivity contribution in [3.63, 3.8) is 0 Å². The van der Waals surface area contributed by atoms with Gasteiger partial charge in [0.05, 0.1) is 0 Å². The molecule has 0 radical (unpaired) electrons. The van der Waals surface area contributed by atoms with Gasteiger partial charge in [-0.05, 0) is 36.8 Å². The molecule has 0 bridgehead atoms. The standard InChI is InChI=1S/C15H21N3O3/c1-10(8-14(19)20)11-4-3-7-18(9-11)13-6-2-5-12(17-13)15(16)21/h2,5-6,10-11H,3-4,7-9H2,1H3,(H2,16,21)(H,19,20). The monoisotopic (exact) mass is 291 g/mol. The first-order valence-corrected chi connectivity index (χ1v) is 7.21. The third kappa shape index (κ3) is 3.93. The molecule has 1 saturated heterocycles. The number of nitrogens with two attached hydrogens (primary N) is 1. The van der Waals surface area contributed by atoms with Gasteiger partial charge in [0.1, 0.15) is 11.5 Å². The zero-order valence-electron chi connectivity index (χ0n) is 12.2. The van der Waals surface area contributed by atoms with Crippen LogP contribution in [0.2, 0.25) is 0 Å². The number of hydrogen-bond donors (Lipinski definition) is 2. The number of nitrogens with zero attached hydrogens (tertiary/aromatic N) is 2. The summed E-state index contributed by atoms with van der Waals surface area (Å²) >= 11 is 0. The van der Waals surface area contributed by atoms with Crippen LogP contribution in [0, 0.1) is 11.8 Å². The van der Waals surface area contributed by atoms with Crippen molar-refractivity contribution in [1.29, 1.82) is 0 Å². The molecular weight excluding hydrogens is 270 g/mol. The summed E-state index contributed by atoms with van der Waals surface area (Å²) in [6.45, 7) is 3.62. The minimum absolute atomic E-state index is 0.129. The van der Waals surface area contributed by atoms with Crippen LogP contribution in [0.1, 0.15) is 36.7 Å². The first kappa shape index (κ1) is 15.3. The van der Waals surface area contributed by atoms with Gasteiger partial charge in [0.25, 0.3) is 5.91 Å². The maximum Gasteiger partial charge on any atom is 0.303 e. The van der Waals surface area contributed by atoms with Crippen molar-refractivity contribution < 1.29 is 14.7 Å². The van der Waals surface area contributed by atoms with Crippen LogP contribution in [-0.4, -0.2) is 35.1 Å². The van der Waals surface area contributed by atoms with E-state index in [0.29, 0.717) is 5.92 Å². The second kappa shape index (κ2) is 6.56. The summed E-state index contributed by atoms with van der Waals surface area (Å²) in [4.78, 5) is 28.4. The zero-order chi connectivity index (χ0) is 15.4. The fraction of sp³-hybridized carbons (Fsp3) is 0.533. The summed E-state index contributed by atoms with van der Waals surface area (Å²) in [7, 11) is 0. The molecule has 6 heteroatoms. The molecule has 2 rings (SSSR count). The van der Waals surface area contributed by atoms with Crippen LogP contribution >= 0.6 is 0 Å². The molecule has 114 valence electrons. The van der Waals surface area contributed by atoms with Gasteiger partial charge in [-0.2, -0.15) is 0 Å². The molecule has 0 aromatic carbocycles. The lowest BCUT2D eigenvalue weighted by Crippen LogP contribution is -2.39. The summed E-state index contributed by atoms with van der Waals surface area (Å²) < 4.78 is 0. The van der Waals surface area contributed by atoms with Gasteiger partial charge in [-0.3, -0.25) is 9.59 Å². The molecule has 6 nitrogen and oxygen atoms in total. The molecule has 21 heavy (non-hydrogen) atoms. The van der Waals surface area contributed by atoms with Crippen molar-refractivity contribution in [2.24, 2.45) is 17.6 Å². The largest absolute Gasteiger partial charge is 0.481 e. The average molecular weight is 291 g/mol. The van der Waals surface area contributed by atoms with Gasteiger partial charge in [0.15, 0.2) is 0 Å². The highest BCUT2D eigenvalue weighted by atomic mass is 16.4. The van der Waals surface area contributed by atoms with E-state index < -0.39 is 11.9 Å². The lowest BCUT2D eigenvalue weighted by Gasteiger charge is -2.36. The van der Waals surface area contributed by atoms with Gasteiger partial charge < -0.3 is 15.7 Å². The lowest BCUT2D eigenvalue weighted by atomic mass is 9.84. The molecular formula is C15H21N3O3. The Labute approximate surface area is 124 Å². The molecule has 1 aliphatic rings. The number of aliphatic carboxylic acids is 1. The molecule has 1 amide bonds. The molecule has 1 aromatic heterocycles. The predicted molar refractivity (Wildman–Crippen MR) is 79.1 cm³/mol. The number of hydrogen-bond acceptors (Lipinski definition) is 4. The molecule has 1 fully saturated rings. The maximum absolute atomic E-state index is 11.2. The second-order valence-electron chi connectivity index (χ2n) is 5.67. The molecule has 2 atom stereocenters. The van der Waals surface area contributed by atoms with Crippen molar-refractivity contribution in [1.82, 2.24) is 4.98 Å². The first-order valence-electron chi connectivity index (χ1n) is 7.21. The molecule has 0 spiro atoms. The predicted octanol–water partition coefficient (Wildman–Crippen LogP) is 1.51. The summed E-state index contributed by atoms with van der Waals surface area (Å²) in [6.07, 6.45) is 2.21. The van der Waals surface area contributed by atoms with E-state index in [1.807, 2.05) is 13.0 Å². The quantitative estimate of drug-likeness (QED) is 0.857. The van der Waals surface area contributed by atoms with Crippen molar-refractivity contribution >= 4 is 17.7 Å². The Morgan fingerprint density at radius 2 is 2.29 bits per heavy atom. The van der Waals surface area contributed by atoms with E-state index >= 15 is 0 Å². The number of aromatic nitrogens is 1. The fourth-order valence-corrected chi connectivity index (χ4v) is 2.86. The Balaban J connectivity index is 2.08. The van der Waals surface area contributed by atoms with Crippen molar-refractivity contribution in [3.8, 4) is 0 Å². The molecule has 0 aliphatic carbocycles. The summed E-state index contributed by atoms with van der Waals surface area (Å²) in [5.41, 5.74) is 5.51. The van der Waals surface area contributed by atoms with E-state index in [9.17, 15) is 9.59 Å². The van der Waals surface area contributed by atoms with Gasteiger partial charge in [0.2, 0.25) is 0 Å². The Morgan fingerprint density at radius 1 is 1.52 bits per heavy atom. The summed E-state index contributed by atoms with van der Waals surface area (Å²) in [6, 6.07) is 5.23. The number of pyridine rings is 1. The maximum atomic E-state index is 11.2. The molecule has 2 unspecified atom stereocenters. The lowest BCUT2D eigenvalue weighted by molar-refractivity contribution is -0.138. The van der Waals surface area contributed by atoms with Crippen LogP contribution in [0.15, 0.2) is 18.2 Å². The Bertz CT molecular complexity index is 533. The molecule has 2 heterocycles. The van der Waals surface area contributed by atoms with E-state index in [-0.39, 0.29) is 18.0 Å². The van der Waals surface area contributed by atoms with Crippen LogP contribution in [0.25, 0.3) is 0 Å². The normalized spacial score (nSPS) is 20.0. The highest BCUT2D eigenvalue weighted by Crippen LogP contribution is 2.28. The van der Waals surface area contributed by atoms with E-state index in [1.165, 1.54) is 0 Å². The molecule has 0 saturated carbocycles. The highest BCUT2D eigenvalue weighted by molar-refractivity contribution is 5.91. The van der Waals surface area contributed by atoms with E-state index in [4.69, 9.17) is 10.8 Å². The van der Waals surface area contributed by atoms with Crippen molar-refractivity contribution in [3.05, 3.63) is 23.9 Å². The second-order valence-corrected chi connectivity index (χ2v) is 5.67. The van der Waals surface area contributed by atoms with Crippen molar-refractivity contribution in [2.75, 3.05) is 18.0 Å². The number of rotatable bonds is 5. The minimum Gasteiger partial charge on any atom is -0.481 e. The first-order chi connectivity index (χ1) is 9.97. The van der Waals surface area contributed by atoms with E-state index in [2.05, 4.69) is 9.88 Å². The fourth-order valence-electron chi connectivity index (χ4n) is 2.86. The number of carboxylic acid groups (broad SMARTS) is 1. The average Bonchev–Trinajstić information content (AvgIpc) is 2.47. The smallest absolute Gasteiger partial charge is 0.303 e. The van der Waals surface area contributed by atoms with E-state index in [0.717, 1.165) is 31.7 Å². The minimum atomic E-state index is -0.756. The number of carbonyl (C=O) groups is 2. The number of carbonyl (C=O) groups excluding carboxylic acids is 1. The van der Waals surface area contributed by atoms with Crippen LogP contribution < -0.4 is 10.6 Å². The molecule has 3 N–H and O–H groups in total. The van der Waals surface area contributed by atoms with Gasteiger partial charge in [-0.15, -0.1) is 0 Å². The Morgan fingerprint density at radius 3 is 2.95 bits per heavy atom. The van der Waals surface area contributed by atoms with Gasteiger partial charge >= 0.3 is 5.97 Å². The van der Waals surface area contributed by atoms with Crippen LogP contribution in [0.4, 0.5) is 5.82 Å². The number of primary amides is 1. The van der Waals surface area contributed by atoms with Crippen LogP contribution in [0.5, 0.6) is 0 Å². The van der Waals surface area contributed by atoms with Crippen LogP contribution in [0.3, 0.4) is 0 Å². The molecule has 1 aliphatic heterocycles. The van der Waals surface area contributed by atoms with Gasteiger partial charge in [0, 0.05) is 19.5 Å². The zero-order valence-corrected chi connectivity index (χ0v) is 12.2. The number of amides is 1. The van der Waals surface area contributed by atoms with Gasteiger partial charge in [-0.25, -0.2) is 4.98 Å². The van der Waals surface area contributed by atoms with Crippen LogP contribution in [-0.2, 0) is 4.79 Å². The highest BCUT2D eigenvalue weighted by Gasteiger charge is 2.26. The van der Waals surface area contributed by atoms with Gasteiger partial charge in [-0.1, -0.05) is 13.0 Å². The number of carboxylic acids is 1. The Hall–Kier alpha value is -2.11. The third-order valence-electron chi connectivity index (χ3n) is 4.07. The third-order valence-corrected chi connectivity index (χ3v) is 4.07. The molecule has 1 aromatic rings. The van der Waals surface area contributed by atoms with E-state index in [1.54, 1.807) is 12.1 Å². The summed E-state index contributed by atoms with van der Waals surface area (Å²) in [5.74, 6) is -0.102.